The molecule has 1 aliphatic rings. The van der Waals surface area contributed by atoms with E-state index >= 15 is 0 Å². The standard InChI is InChI=1S/C15H21N3OS/c1-5-10(2)15(4)13(19)18-14(20-15)17-11(3)12-8-6-7-9-16-12/h6-11H,5H2,1-4H3,(H,17,18,19)/t10?,11-,15+/m0/s1. The van der Waals surface area contributed by atoms with Gasteiger partial charge in [-0.3, -0.25) is 9.78 Å². The Balaban J connectivity index is 2.06. The summed E-state index contributed by atoms with van der Waals surface area (Å²) in [5, 5.41) is 3.99. The van der Waals surface area contributed by atoms with E-state index in [0.29, 0.717) is 11.1 Å². The Kier molecular flexibility index (Phi) is 4.48. The summed E-state index contributed by atoms with van der Waals surface area (Å²) in [6, 6.07) is 5.85. The maximum atomic E-state index is 12.2. The van der Waals surface area contributed by atoms with Gasteiger partial charge in [0.05, 0.1) is 11.7 Å². The SMILES string of the molecule is CCC(C)[C@@]1(C)SC(N[C@@H](C)c2ccccn2)=NC1=O. The van der Waals surface area contributed by atoms with Gasteiger partial charge in [-0.25, -0.2) is 0 Å². The fourth-order valence-corrected chi connectivity index (χ4v) is 3.39. The smallest absolute Gasteiger partial charge is 0.264 e. The van der Waals surface area contributed by atoms with Gasteiger partial charge in [-0.15, -0.1) is 0 Å². The van der Waals surface area contributed by atoms with E-state index in [4.69, 9.17) is 0 Å². The van der Waals surface area contributed by atoms with Crippen LogP contribution in [-0.2, 0) is 4.79 Å². The van der Waals surface area contributed by atoms with Gasteiger partial charge in [-0.2, -0.15) is 4.99 Å². The highest BCUT2D eigenvalue weighted by Crippen LogP contribution is 2.41. The summed E-state index contributed by atoms with van der Waals surface area (Å²) in [7, 11) is 0. The lowest BCUT2D eigenvalue weighted by Crippen LogP contribution is -2.35. The lowest BCUT2D eigenvalue weighted by atomic mass is 9.92. The molecule has 0 aromatic carbocycles. The maximum absolute atomic E-state index is 12.2. The highest BCUT2D eigenvalue weighted by molar-refractivity contribution is 8.16. The average molecular weight is 291 g/mol. The van der Waals surface area contributed by atoms with Crippen LogP contribution in [0.25, 0.3) is 0 Å². The minimum atomic E-state index is -0.444. The Hall–Kier alpha value is -1.36. The number of hydrogen-bond acceptors (Lipinski definition) is 4. The van der Waals surface area contributed by atoms with Gasteiger partial charge < -0.3 is 5.32 Å². The number of carbonyl (C=O) groups is 1. The van der Waals surface area contributed by atoms with Crippen LogP contribution in [0.1, 0.15) is 45.9 Å². The van der Waals surface area contributed by atoms with E-state index in [-0.39, 0.29) is 11.9 Å². The predicted octanol–water partition coefficient (Wildman–Crippen LogP) is 3.17. The number of pyridine rings is 1. The van der Waals surface area contributed by atoms with Gasteiger partial charge in [0, 0.05) is 6.20 Å². The second-order valence-corrected chi connectivity index (χ2v) is 6.80. The third kappa shape index (κ3) is 2.87. The number of rotatable bonds is 4. The molecular weight excluding hydrogens is 270 g/mol. The highest BCUT2D eigenvalue weighted by atomic mass is 32.2. The van der Waals surface area contributed by atoms with E-state index in [1.807, 2.05) is 32.0 Å². The number of nitrogens with zero attached hydrogens (tertiary/aromatic N) is 2. The zero-order valence-electron chi connectivity index (χ0n) is 12.4. The van der Waals surface area contributed by atoms with Crippen LogP contribution in [0.4, 0.5) is 0 Å². The van der Waals surface area contributed by atoms with Crippen LogP contribution in [0, 0.1) is 5.92 Å². The normalized spacial score (nSPS) is 25.2. The number of nitrogens with one attached hydrogen (secondary N) is 1. The van der Waals surface area contributed by atoms with E-state index in [9.17, 15) is 4.79 Å². The monoisotopic (exact) mass is 291 g/mol. The summed E-state index contributed by atoms with van der Waals surface area (Å²) in [5.41, 5.74) is 0.945. The van der Waals surface area contributed by atoms with Crippen LogP contribution < -0.4 is 5.32 Å². The second kappa shape index (κ2) is 5.95. The molecule has 0 aliphatic carbocycles. The second-order valence-electron chi connectivity index (χ2n) is 5.36. The first-order valence-electron chi connectivity index (χ1n) is 6.97. The van der Waals surface area contributed by atoms with E-state index in [1.54, 1.807) is 6.20 Å². The van der Waals surface area contributed by atoms with Crippen molar-refractivity contribution in [1.82, 2.24) is 10.3 Å². The molecule has 4 nitrogen and oxygen atoms in total. The number of thioether (sulfide) groups is 1. The van der Waals surface area contributed by atoms with Gasteiger partial charge in [0.1, 0.15) is 4.75 Å². The van der Waals surface area contributed by atoms with Crippen molar-refractivity contribution >= 4 is 22.8 Å². The highest BCUT2D eigenvalue weighted by Gasteiger charge is 2.45. The van der Waals surface area contributed by atoms with Crippen LogP contribution in [0.3, 0.4) is 0 Å². The van der Waals surface area contributed by atoms with Crippen molar-refractivity contribution in [3.63, 3.8) is 0 Å². The Labute approximate surface area is 124 Å². The van der Waals surface area contributed by atoms with Crippen LogP contribution in [-0.4, -0.2) is 20.8 Å². The van der Waals surface area contributed by atoms with Gasteiger partial charge in [-0.1, -0.05) is 38.1 Å². The molecule has 0 fully saturated rings. The molecule has 0 saturated heterocycles. The molecule has 1 amide bonds. The van der Waals surface area contributed by atoms with Gasteiger partial charge in [0.25, 0.3) is 5.91 Å². The van der Waals surface area contributed by atoms with Gasteiger partial charge in [-0.05, 0) is 31.9 Å². The van der Waals surface area contributed by atoms with Gasteiger partial charge in [0.15, 0.2) is 5.17 Å². The summed E-state index contributed by atoms with van der Waals surface area (Å²) >= 11 is 1.54. The maximum Gasteiger partial charge on any atom is 0.264 e. The predicted molar refractivity (Wildman–Crippen MR) is 83.7 cm³/mol. The molecule has 108 valence electrons. The Morgan fingerprint density at radius 2 is 2.15 bits per heavy atom. The lowest BCUT2D eigenvalue weighted by molar-refractivity contribution is -0.120. The lowest BCUT2D eigenvalue weighted by Gasteiger charge is -2.26. The van der Waals surface area contributed by atoms with Gasteiger partial charge >= 0.3 is 0 Å². The molecule has 1 aromatic heterocycles. The first kappa shape index (κ1) is 15.0. The topological polar surface area (TPSA) is 54.4 Å². The molecule has 0 bridgehead atoms. The van der Waals surface area contributed by atoms with Crippen molar-refractivity contribution in [3.05, 3.63) is 30.1 Å². The number of amidine groups is 1. The third-order valence-electron chi connectivity index (χ3n) is 3.96. The summed E-state index contributed by atoms with van der Waals surface area (Å²) < 4.78 is -0.444. The molecule has 5 heteroatoms. The zero-order chi connectivity index (χ0) is 14.8. The molecule has 1 N–H and O–H groups in total. The van der Waals surface area contributed by atoms with Crippen molar-refractivity contribution in [2.45, 2.75) is 44.9 Å². The summed E-state index contributed by atoms with van der Waals surface area (Å²) in [4.78, 5) is 20.7. The first-order chi connectivity index (χ1) is 9.47. The van der Waals surface area contributed by atoms with Crippen molar-refractivity contribution < 1.29 is 4.79 Å². The molecular formula is C15H21N3OS. The van der Waals surface area contributed by atoms with Crippen molar-refractivity contribution in [3.8, 4) is 0 Å². The number of hydrogen-bond donors (Lipinski definition) is 1. The summed E-state index contributed by atoms with van der Waals surface area (Å²) in [5.74, 6) is 0.265. The Morgan fingerprint density at radius 3 is 2.75 bits per heavy atom. The molecule has 2 heterocycles. The number of carbonyl (C=O) groups excluding carboxylic acids is 1. The molecule has 3 atom stereocenters. The molecule has 0 saturated carbocycles. The molecule has 1 aromatic rings. The fraction of sp³-hybridized carbons (Fsp3) is 0.533. The van der Waals surface area contributed by atoms with E-state index in [0.717, 1.165) is 12.1 Å². The number of aromatic nitrogens is 1. The molecule has 0 radical (unpaired) electrons. The Morgan fingerprint density at radius 1 is 1.40 bits per heavy atom. The largest absolute Gasteiger partial charge is 0.356 e. The Bertz CT molecular complexity index is 517. The molecule has 2 rings (SSSR count). The number of aliphatic imine (C=N–C) groups is 1. The minimum Gasteiger partial charge on any atom is -0.356 e. The van der Waals surface area contributed by atoms with E-state index < -0.39 is 4.75 Å². The van der Waals surface area contributed by atoms with E-state index in [2.05, 4.69) is 29.1 Å². The zero-order valence-corrected chi connectivity index (χ0v) is 13.2. The first-order valence-corrected chi connectivity index (χ1v) is 7.78. The fourth-order valence-electron chi connectivity index (χ4n) is 2.12. The third-order valence-corrected chi connectivity index (χ3v) is 5.36. The van der Waals surface area contributed by atoms with Crippen molar-refractivity contribution in [1.29, 1.82) is 0 Å². The van der Waals surface area contributed by atoms with Gasteiger partial charge in [0.2, 0.25) is 0 Å². The molecule has 20 heavy (non-hydrogen) atoms. The number of amides is 1. The van der Waals surface area contributed by atoms with Crippen molar-refractivity contribution in [2.24, 2.45) is 10.9 Å². The molecule has 0 spiro atoms. The summed E-state index contributed by atoms with van der Waals surface area (Å²) in [6.45, 7) is 8.21. The quantitative estimate of drug-likeness (QED) is 0.925. The summed E-state index contributed by atoms with van der Waals surface area (Å²) in [6.07, 6.45) is 2.74. The molecule has 1 aliphatic heterocycles. The molecule has 1 unspecified atom stereocenters. The average Bonchev–Trinajstić information content (AvgIpc) is 2.74. The van der Waals surface area contributed by atoms with Crippen LogP contribution in [0.5, 0.6) is 0 Å². The van der Waals surface area contributed by atoms with Crippen LogP contribution >= 0.6 is 11.8 Å². The van der Waals surface area contributed by atoms with Crippen molar-refractivity contribution in [2.75, 3.05) is 0 Å². The minimum absolute atomic E-state index is 0.0347. The van der Waals surface area contributed by atoms with Crippen LogP contribution in [0.2, 0.25) is 0 Å². The van der Waals surface area contributed by atoms with Crippen LogP contribution in [0.15, 0.2) is 29.4 Å². The van der Waals surface area contributed by atoms with E-state index in [1.165, 1.54) is 11.8 Å².